The molecule has 0 heterocycles. The lowest BCUT2D eigenvalue weighted by molar-refractivity contribution is -0.110. The fourth-order valence-electron chi connectivity index (χ4n) is 0.709. The van der Waals surface area contributed by atoms with Crippen LogP contribution >= 0.6 is 0 Å². The SMILES string of the molecule is CC(C)(CCO)CNC=O. The summed E-state index contributed by atoms with van der Waals surface area (Å²) < 4.78 is 0. The number of hydrogen-bond acceptors (Lipinski definition) is 2. The van der Waals surface area contributed by atoms with Gasteiger partial charge in [-0.3, -0.25) is 4.79 Å². The molecule has 0 radical (unpaired) electrons. The van der Waals surface area contributed by atoms with E-state index in [9.17, 15) is 4.79 Å². The molecular weight excluding hydrogens is 130 g/mol. The number of aliphatic hydroxyl groups is 1. The lowest BCUT2D eigenvalue weighted by atomic mass is 9.90. The molecule has 0 aromatic carbocycles. The number of carbonyl (C=O) groups excluding carboxylic acids is 1. The van der Waals surface area contributed by atoms with Crippen LogP contribution in [0.3, 0.4) is 0 Å². The average Bonchev–Trinajstić information content (AvgIpc) is 1.84. The van der Waals surface area contributed by atoms with Gasteiger partial charge < -0.3 is 10.4 Å². The van der Waals surface area contributed by atoms with Gasteiger partial charge >= 0.3 is 0 Å². The Morgan fingerprint density at radius 2 is 2.20 bits per heavy atom. The first-order valence-electron chi connectivity index (χ1n) is 3.40. The van der Waals surface area contributed by atoms with E-state index in [1.165, 1.54) is 0 Å². The van der Waals surface area contributed by atoms with E-state index in [0.29, 0.717) is 19.4 Å². The van der Waals surface area contributed by atoms with Crippen molar-refractivity contribution in [2.75, 3.05) is 13.2 Å². The summed E-state index contributed by atoms with van der Waals surface area (Å²) in [4.78, 5) is 9.88. The van der Waals surface area contributed by atoms with E-state index in [1.54, 1.807) is 0 Å². The van der Waals surface area contributed by atoms with Gasteiger partial charge in [0.15, 0.2) is 0 Å². The number of hydrogen-bond donors (Lipinski definition) is 2. The number of rotatable bonds is 5. The lowest BCUT2D eigenvalue weighted by Gasteiger charge is -2.22. The van der Waals surface area contributed by atoms with Gasteiger partial charge in [-0.1, -0.05) is 13.8 Å². The maximum absolute atomic E-state index is 9.88. The molecular formula is C7H15NO2. The minimum Gasteiger partial charge on any atom is -0.396 e. The zero-order valence-corrected chi connectivity index (χ0v) is 6.55. The van der Waals surface area contributed by atoms with Crippen LogP contribution in [0.1, 0.15) is 20.3 Å². The van der Waals surface area contributed by atoms with Gasteiger partial charge in [0.1, 0.15) is 0 Å². The Morgan fingerprint density at radius 1 is 1.60 bits per heavy atom. The molecule has 0 aliphatic heterocycles. The number of aliphatic hydroxyl groups excluding tert-OH is 1. The molecule has 0 aromatic rings. The second-order valence-corrected chi connectivity index (χ2v) is 3.14. The van der Waals surface area contributed by atoms with E-state index >= 15 is 0 Å². The molecule has 0 aromatic heterocycles. The van der Waals surface area contributed by atoms with Gasteiger partial charge in [0.2, 0.25) is 6.41 Å². The van der Waals surface area contributed by atoms with Crippen LogP contribution in [0.15, 0.2) is 0 Å². The first-order valence-corrected chi connectivity index (χ1v) is 3.40. The number of carbonyl (C=O) groups is 1. The maximum Gasteiger partial charge on any atom is 0.207 e. The Bertz CT molecular complexity index is 102. The zero-order valence-electron chi connectivity index (χ0n) is 6.55. The molecule has 2 N–H and O–H groups in total. The Balaban J connectivity index is 3.51. The van der Waals surface area contributed by atoms with Crippen LogP contribution in [-0.2, 0) is 4.79 Å². The highest BCUT2D eigenvalue weighted by atomic mass is 16.3. The van der Waals surface area contributed by atoms with Gasteiger partial charge in [-0.25, -0.2) is 0 Å². The van der Waals surface area contributed by atoms with Crippen molar-refractivity contribution in [2.24, 2.45) is 5.41 Å². The van der Waals surface area contributed by atoms with Crippen molar-refractivity contribution in [3.05, 3.63) is 0 Å². The second-order valence-electron chi connectivity index (χ2n) is 3.14. The van der Waals surface area contributed by atoms with Crippen LogP contribution in [0.5, 0.6) is 0 Å². The van der Waals surface area contributed by atoms with E-state index in [0.717, 1.165) is 0 Å². The van der Waals surface area contributed by atoms with Crippen molar-refractivity contribution in [1.82, 2.24) is 5.32 Å². The van der Waals surface area contributed by atoms with Crippen molar-refractivity contribution in [1.29, 1.82) is 0 Å². The van der Waals surface area contributed by atoms with Crippen molar-refractivity contribution in [2.45, 2.75) is 20.3 Å². The van der Waals surface area contributed by atoms with Crippen LogP contribution in [-0.4, -0.2) is 24.7 Å². The van der Waals surface area contributed by atoms with Crippen LogP contribution in [0.25, 0.3) is 0 Å². The topological polar surface area (TPSA) is 49.3 Å². The highest BCUT2D eigenvalue weighted by Gasteiger charge is 2.15. The van der Waals surface area contributed by atoms with Gasteiger partial charge in [-0.05, 0) is 11.8 Å². The van der Waals surface area contributed by atoms with E-state index in [4.69, 9.17) is 5.11 Å². The zero-order chi connectivity index (χ0) is 8.04. The van der Waals surface area contributed by atoms with Gasteiger partial charge in [-0.2, -0.15) is 0 Å². The molecule has 0 atom stereocenters. The average molecular weight is 145 g/mol. The number of nitrogens with one attached hydrogen (secondary N) is 1. The molecule has 0 saturated carbocycles. The summed E-state index contributed by atoms with van der Waals surface area (Å²) in [5.41, 5.74) is 0.00958. The first kappa shape index (κ1) is 9.43. The molecule has 0 bridgehead atoms. The van der Waals surface area contributed by atoms with Crippen molar-refractivity contribution in [3.63, 3.8) is 0 Å². The van der Waals surface area contributed by atoms with E-state index < -0.39 is 0 Å². The van der Waals surface area contributed by atoms with Gasteiger partial charge in [0.05, 0.1) is 0 Å². The molecule has 0 spiro atoms. The van der Waals surface area contributed by atoms with E-state index in [1.807, 2.05) is 13.8 Å². The predicted molar refractivity (Wildman–Crippen MR) is 39.6 cm³/mol. The Kier molecular flexibility index (Phi) is 4.03. The summed E-state index contributed by atoms with van der Waals surface area (Å²) in [6.45, 7) is 4.80. The molecule has 60 valence electrons. The summed E-state index contributed by atoms with van der Waals surface area (Å²) in [6.07, 6.45) is 1.40. The second kappa shape index (κ2) is 4.28. The Hall–Kier alpha value is -0.570. The molecule has 0 aliphatic rings. The van der Waals surface area contributed by atoms with Crippen molar-refractivity contribution < 1.29 is 9.90 Å². The molecule has 3 heteroatoms. The standard InChI is InChI=1S/C7H15NO2/c1-7(2,3-4-9)5-8-6-10/h6,9H,3-5H2,1-2H3,(H,8,10). The monoisotopic (exact) mass is 145 g/mol. The molecule has 0 fully saturated rings. The quantitative estimate of drug-likeness (QED) is 0.541. The summed E-state index contributed by atoms with van der Waals surface area (Å²) >= 11 is 0. The molecule has 3 nitrogen and oxygen atoms in total. The molecule has 10 heavy (non-hydrogen) atoms. The van der Waals surface area contributed by atoms with Gasteiger partial charge in [0, 0.05) is 13.2 Å². The molecule has 0 aliphatic carbocycles. The summed E-state index contributed by atoms with van der Waals surface area (Å²) in [6, 6.07) is 0. The minimum absolute atomic E-state index is 0.00958. The first-order chi connectivity index (χ1) is 4.62. The Labute approximate surface area is 61.4 Å². The van der Waals surface area contributed by atoms with Crippen LogP contribution < -0.4 is 5.32 Å². The molecule has 1 amide bonds. The third-order valence-corrected chi connectivity index (χ3v) is 1.45. The highest BCUT2D eigenvalue weighted by Crippen LogP contribution is 2.17. The van der Waals surface area contributed by atoms with E-state index in [-0.39, 0.29) is 12.0 Å². The normalized spacial score (nSPS) is 11.1. The third kappa shape index (κ3) is 4.32. The van der Waals surface area contributed by atoms with Crippen LogP contribution in [0.4, 0.5) is 0 Å². The minimum atomic E-state index is 0.00958. The summed E-state index contributed by atoms with van der Waals surface area (Å²) in [5, 5.41) is 11.2. The van der Waals surface area contributed by atoms with E-state index in [2.05, 4.69) is 5.32 Å². The number of amides is 1. The Morgan fingerprint density at radius 3 is 2.60 bits per heavy atom. The smallest absolute Gasteiger partial charge is 0.207 e. The summed E-state index contributed by atoms with van der Waals surface area (Å²) in [5.74, 6) is 0. The largest absolute Gasteiger partial charge is 0.396 e. The molecule has 0 rings (SSSR count). The van der Waals surface area contributed by atoms with Gasteiger partial charge in [-0.15, -0.1) is 0 Å². The maximum atomic E-state index is 9.88. The fraction of sp³-hybridized carbons (Fsp3) is 0.857. The summed E-state index contributed by atoms with van der Waals surface area (Å²) in [7, 11) is 0. The fourth-order valence-corrected chi connectivity index (χ4v) is 0.709. The molecule has 0 saturated heterocycles. The third-order valence-electron chi connectivity index (χ3n) is 1.45. The van der Waals surface area contributed by atoms with Crippen LogP contribution in [0, 0.1) is 5.41 Å². The highest BCUT2D eigenvalue weighted by molar-refractivity contribution is 5.45. The predicted octanol–water partition coefficient (Wildman–Crippen LogP) is 0.141. The van der Waals surface area contributed by atoms with Gasteiger partial charge in [0.25, 0.3) is 0 Å². The van der Waals surface area contributed by atoms with Crippen molar-refractivity contribution in [3.8, 4) is 0 Å². The van der Waals surface area contributed by atoms with Crippen LogP contribution in [0.2, 0.25) is 0 Å². The molecule has 0 unspecified atom stereocenters. The van der Waals surface area contributed by atoms with Crippen molar-refractivity contribution >= 4 is 6.41 Å². The lowest BCUT2D eigenvalue weighted by Crippen LogP contribution is -2.29.